The van der Waals surface area contributed by atoms with Gasteiger partial charge in [0.05, 0.1) is 13.5 Å². The molecule has 0 atom stereocenters. The fourth-order valence-corrected chi connectivity index (χ4v) is 1.22. The molecule has 2 N–H and O–H groups in total. The lowest BCUT2D eigenvalue weighted by atomic mass is 10.1. The quantitative estimate of drug-likeness (QED) is 0.614. The summed E-state index contributed by atoms with van der Waals surface area (Å²) in [6.07, 6.45) is -3.85. The maximum atomic E-state index is 11.9. The summed E-state index contributed by atoms with van der Waals surface area (Å²) in [5, 5.41) is 0. The molecule has 4 nitrogen and oxygen atoms in total. The van der Waals surface area contributed by atoms with Crippen LogP contribution < -0.4 is 4.74 Å². The van der Waals surface area contributed by atoms with Crippen LogP contribution in [0.15, 0.2) is 30.3 Å². The Morgan fingerprint density at radius 3 is 2.20 bits per heavy atom. The molecule has 0 aliphatic heterocycles. The molecule has 110 valence electrons. The minimum Gasteiger partial charge on any atom is -0.497 e. The monoisotopic (exact) mass is 290 g/mol. The van der Waals surface area contributed by atoms with Gasteiger partial charge in [0.2, 0.25) is 5.78 Å². The number of Topliss-reactive ketones (excluding diaryl/α,β-unsaturated/α-hetero) is 1. The number of ketones is 2. The summed E-state index contributed by atoms with van der Waals surface area (Å²) in [6, 6.07) is 6.55. The standard InChI is InChI=1S/C13H11F3O3.H2O/c1-19-11-6-3-9(4-7-11)2-5-10(17)8-12(18)13(14,15)16;/h2-7H,8H2,1H3;1H2. The Balaban J connectivity index is 0.00000361. The van der Waals surface area contributed by atoms with Crippen molar-refractivity contribution in [2.24, 2.45) is 0 Å². The van der Waals surface area contributed by atoms with E-state index >= 15 is 0 Å². The second-order valence-electron chi connectivity index (χ2n) is 3.67. The van der Waals surface area contributed by atoms with Gasteiger partial charge < -0.3 is 10.2 Å². The molecule has 0 saturated carbocycles. The van der Waals surface area contributed by atoms with Gasteiger partial charge >= 0.3 is 6.18 Å². The van der Waals surface area contributed by atoms with Gasteiger partial charge in [-0.25, -0.2) is 0 Å². The number of methoxy groups -OCH3 is 1. The van der Waals surface area contributed by atoms with Crippen LogP contribution in [0, 0.1) is 0 Å². The Morgan fingerprint density at radius 2 is 1.75 bits per heavy atom. The van der Waals surface area contributed by atoms with Gasteiger partial charge in [-0.05, 0) is 23.8 Å². The predicted octanol–water partition coefficient (Wildman–Crippen LogP) is 1.97. The molecule has 0 aliphatic rings. The van der Waals surface area contributed by atoms with E-state index in [1.165, 1.54) is 13.2 Å². The van der Waals surface area contributed by atoms with Gasteiger partial charge in [0.1, 0.15) is 5.75 Å². The van der Waals surface area contributed by atoms with Crippen LogP contribution in [0.2, 0.25) is 0 Å². The average Bonchev–Trinajstić information content (AvgIpc) is 2.35. The van der Waals surface area contributed by atoms with E-state index in [0.717, 1.165) is 6.08 Å². The molecule has 0 radical (unpaired) electrons. The zero-order valence-corrected chi connectivity index (χ0v) is 10.5. The number of benzene rings is 1. The highest BCUT2D eigenvalue weighted by atomic mass is 19.4. The number of carbonyl (C=O) groups excluding carboxylic acids is 2. The van der Waals surface area contributed by atoms with E-state index in [9.17, 15) is 22.8 Å². The van der Waals surface area contributed by atoms with Crippen molar-refractivity contribution < 1.29 is 33.0 Å². The highest BCUT2D eigenvalue weighted by Crippen LogP contribution is 2.18. The summed E-state index contributed by atoms with van der Waals surface area (Å²) < 4.78 is 40.7. The highest BCUT2D eigenvalue weighted by molar-refractivity contribution is 6.07. The van der Waals surface area contributed by atoms with Crippen molar-refractivity contribution in [1.29, 1.82) is 0 Å². The lowest BCUT2D eigenvalue weighted by molar-refractivity contribution is -0.171. The molecule has 7 heteroatoms. The van der Waals surface area contributed by atoms with Gasteiger partial charge in [0.15, 0.2) is 5.78 Å². The molecule has 1 rings (SSSR count). The molecule has 0 spiro atoms. The third kappa shape index (κ3) is 5.66. The molecule has 0 aromatic heterocycles. The molecule has 1 aromatic carbocycles. The Morgan fingerprint density at radius 1 is 1.20 bits per heavy atom. The average molecular weight is 290 g/mol. The third-order valence-corrected chi connectivity index (χ3v) is 2.23. The lowest BCUT2D eigenvalue weighted by Gasteiger charge is -2.02. The van der Waals surface area contributed by atoms with E-state index in [1.54, 1.807) is 24.3 Å². The third-order valence-electron chi connectivity index (χ3n) is 2.23. The number of hydrogen-bond acceptors (Lipinski definition) is 3. The Hall–Kier alpha value is -2.15. The van der Waals surface area contributed by atoms with E-state index in [2.05, 4.69) is 0 Å². The number of carbonyl (C=O) groups is 2. The van der Waals surface area contributed by atoms with Crippen molar-refractivity contribution in [2.75, 3.05) is 7.11 Å². The van der Waals surface area contributed by atoms with E-state index in [4.69, 9.17) is 4.74 Å². The molecule has 0 unspecified atom stereocenters. The SMILES string of the molecule is COc1ccc(C=CC(=O)CC(=O)C(F)(F)F)cc1.O. The number of rotatable bonds is 5. The molecule has 0 amide bonds. The van der Waals surface area contributed by atoms with Gasteiger partial charge in [0.25, 0.3) is 0 Å². The number of halogens is 3. The van der Waals surface area contributed by atoms with Crippen LogP contribution in [-0.2, 0) is 9.59 Å². The van der Waals surface area contributed by atoms with Gasteiger partial charge in [-0.15, -0.1) is 0 Å². The summed E-state index contributed by atoms with van der Waals surface area (Å²) in [6.45, 7) is 0. The van der Waals surface area contributed by atoms with Crippen LogP contribution in [0.25, 0.3) is 6.08 Å². The molecule has 0 fully saturated rings. The van der Waals surface area contributed by atoms with Crippen LogP contribution in [0.3, 0.4) is 0 Å². The number of hydrogen-bond donors (Lipinski definition) is 0. The minimum absolute atomic E-state index is 0. The second kappa shape index (κ2) is 7.44. The topological polar surface area (TPSA) is 74.9 Å². The fourth-order valence-electron chi connectivity index (χ4n) is 1.22. The summed E-state index contributed by atoms with van der Waals surface area (Å²) in [5.74, 6) is -2.31. The first-order chi connectivity index (χ1) is 8.82. The van der Waals surface area contributed by atoms with Crippen LogP contribution >= 0.6 is 0 Å². The van der Waals surface area contributed by atoms with Crippen LogP contribution in [-0.4, -0.2) is 30.3 Å². The van der Waals surface area contributed by atoms with Crippen LogP contribution in [0.4, 0.5) is 13.2 Å². The van der Waals surface area contributed by atoms with Crippen molar-refractivity contribution >= 4 is 17.6 Å². The minimum atomic E-state index is -4.97. The molecule has 20 heavy (non-hydrogen) atoms. The van der Waals surface area contributed by atoms with Gasteiger partial charge in [-0.3, -0.25) is 9.59 Å². The number of ether oxygens (including phenoxy) is 1. The first-order valence-corrected chi connectivity index (χ1v) is 5.28. The molecule has 0 aliphatic carbocycles. The summed E-state index contributed by atoms with van der Waals surface area (Å²) in [7, 11) is 1.50. The van der Waals surface area contributed by atoms with Crippen molar-refractivity contribution in [1.82, 2.24) is 0 Å². The molecular weight excluding hydrogens is 277 g/mol. The zero-order valence-electron chi connectivity index (χ0n) is 10.5. The lowest BCUT2D eigenvalue weighted by Crippen LogP contribution is -2.24. The maximum absolute atomic E-state index is 11.9. The summed E-state index contributed by atoms with van der Waals surface area (Å²) in [4.78, 5) is 21.7. The van der Waals surface area contributed by atoms with Crippen molar-refractivity contribution in [3.8, 4) is 5.75 Å². The van der Waals surface area contributed by atoms with E-state index in [1.807, 2.05) is 0 Å². The second-order valence-corrected chi connectivity index (χ2v) is 3.67. The van der Waals surface area contributed by atoms with E-state index in [-0.39, 0.29) is 5.48 Å². The zero-order chi connectivity index (χ0) is 14.5. The van der Waals surface area contributed by atoms with Gasteiger partial charge in [-0.1, -0.05) is 18.2 Å². The summed E-state index contributed by atoms with van der Waals surface area (Å²) in [5.41, 5.74) is 0.619. The Kier molecular flexibility index (Phi) is 6.64. The molecule has 0 heterocycles. The molecule has 0 bridgehead atoms. The first kappa shape index (κ1) is 17.8. The predicted molar refractivity (Wildman–Crippen MR) is 66.3 cm³/mol. The smallest absolute Gasteiger partial charge is 0.450 e. The number of alkyl halides is 3. The van der Waals surface area contributed by atoms with Crippen molar-refractivity contribution in [3.63, 3.8) is 0 Å². The van der Waals surface area contributed by atoms with E-state index in [0.29, 0.717) is 11.3 Å². The van der Waals surface area contributed by atoms with Crippen LogP contribution in [0.5, 0.6) is 5.75 Å². The first-order valence-electron chi connectivity index (χ1n) is 5.28. The molecule has 1 aromatic rings. The fraction of sp³-hybridized carbons (Fsp3) is 0.231. The molecular formula is C13H13F3O4. The molecule has 0 saturated heterocycles. The van der Waals surface area contributed by atoms with Crippen molar-refractivity contribution in [2.45, 2.75) is 12.6 Å². The largest absolute Gasteiger partial charge is 0.497 e. The maximum Gasteiger partial charge on any atom is 0.450 e. The number of allylic oxidation sites excluding steroid dienone is 1. The summed E-state index contributed by atoms with van der Waals surface area (Å²) >= 11 is 0. The van der Waals surface area contributed by atoms with Gasteiger partial charge in [0, 0.05) is 0 Å². The Bertz CT molecular complexity index is 489. The van der Waals surface area contributed by atoms with Crippen molar-refractivity contribution in [3.05, 3.63) is 35.9 Å². The van der Waals surface area contributed by atoms with E-state index < -0.39 is 24.2 Å². The van der Waals surface area contributed by atoms with Crippen LogP contribution in [0.1, 0.15) is 12.0 Å². The van der Waals surface area contributed by atoms with Gasteiger partial charge in [-0.2, -0.15) is 13.2 Å². The highest BCUT2D eigenvalue weighted by Gasteiger charge is 2.38. The Labute approximate surface area is 113 Å². The normalized spacial score (nSPS) is 11.0.